The molecule has 3 fully saturated rings. The molecule has 2 N–H and O–H groups in total. The quantitative estimate of drug-likeness (QED) is 0.752. The number of aliphatic carboxylic acids is 1. The molecule has 3 aliphatic rings. The number of carboxylic acid groups (broad SMARTS) is 1. The van der Waals surface area contributed by atoms with Gasteiger partial charge in [0, 0.05) is 43.8 Å². The molecular weight excluding hydrogens is 411 g/mol. The maximum Gasteiger partial charge on any atom is 0.490 e. The van der Waals surface area contributed by atoms with Gasteiger partial charge in [-0.3, -0.25) is 4.90 Å². The number of ether oxygens (including phenoxy) is 2. The smallest absolute Gasteiger partial charge is 0.475 e. The monoisotopic (exact) mass is 437 g/mol. The SMILES string of the molecule is O=C(O)C(F)(F)F.c1csc(NC2COC3(CCCN(C4CCOCC4)C3)C2)n1. The largest absolute Gasteiger partial charge is 0.490 e. The molecule has 4 heterocycles. The van der Waals surface area contributed by atoms with Crippen LogP contribution in [0.3, 0.4) is 0 Å². The van der Waals surface area contributed by atoms with E-state index >= 15 is 0 Å². The molecule has 1 aromatic rings. The van der Waals surface area contributed by atoms with Crippen molar-refractivity contribution < 1.29 is 32.5 Å². The average molecular weight is 437 g/mol. The molecule has 0 amide bonds. The first kappa shape index (κ1) is 22.3. The van der Waals surface area contributed by atoms with Crippen LogP contribution < -0.4 is 5.32 Å². The van der Waals surface area contributed by atoms with Gasteiger partial charge < -0.3 is 19.9 Å². The summed E-state index contributed by atoms with van der Waals surface area (Å²) >= 11 is 1.67. The van der Waals surface area contributed by atoms with E-state index in [2.05, 4.69) is 15.2 Å². The van der Waals surface area contributed by atoms with Gasteiger partial charge in [0.25, 0.3) is 0 Å². The van der Waals surface area contributed by atoms with E-state index in [1.54, 1.807) is 11.3 Å². The number of nitrogens with one attached hydrogen (secondary N) is 1. The third kappa shape index (κ3) is 6.27. The van der Waals surface area contributed by atoms with Crippen molar-refractivity contribution in [2.45, 2.75) is 56.0 Å². The molecule has 0 aromatic carbocycles. The van der Waals surface area contributed by atoms with E-state index in [9.17, 15) is 13.2 Å². The van der Waals surface area contributed by atoms with Crippen molar-refractivity contribution in [1.82, 2.24) is 9.88 Å². The molecule has 1 spiro atoms. The maximum absolute atomic E-state index is 10.6. The number of hydrogen-bond donors (Lipinski definition) is 2. The molecule has 4 rings (SSSR count). The second kappa shape index (κ2) is 9.59. The zero-order valence-electron chi connectivity index (χ0n) is 16.0. The fourth-order valence-corrected chi connectivity index (χ4v) is 4.79. The van der Waals surface area contributed by atoms with E-state index in [1.165, 1.54) is 32.2 Å². The van der Waals surface area contributed by atoms with E-state index in [4.69, 9.17) is 19.4 Å². The van der Waals surface area contributed by atoms with Crippen LogP contribution in [0.4, 0.5) is 18.3 Å². The Morgan fingerprint density at radius 3 is 2.72 bits per heavy atom. The fraction of sp³-hybridized carbons (Fsp3) is 0.778. The number of hydrogen-bond acceptors (Lipinski definition) is 7. The van der Waals surface area contributed by atoms with Crippen LogP contribution in [-0.4, -0.2) is 77.7 Å². The topological polar surface area (TPSA) is 83.9 Å². The highest BCUT2D eigenvalue weighted by atomic mass is 32.1. The summed E-state index contributed by atoms with van der Waals surface area (Å²) in [6.07, 6.45) is 2.68. The molecule has 0 saturated carbocycles. The molecule has 164 valence electrons. The van der Waals surface area contributed by atoms with Crippen molar-refractivity contribution in [1.29, 1.82) is 0 Å². The van der Waals surface area contributed by atoms with Crippen LogP contribution in [0.15, 0.2) is 11.6 Å². The van der Waals surface area contributed by atoms with Gasteiger partial charge in [0.15, 0.2) is 5.13 Å². The van der Waals surface area contributed by atoms with Gasteiger partial charge in [-0.05, 0) is 32.2 Å². The number of anilines is 1. The Labute approximate surface area is 171 Å². The van der Waals surface area contributed by atoms with Crippen LogP contribution in [-0.2, 0) is 14.3 Å². The van der Waals surface area contributed by atoms with Crippen molar-refractivity contribution in [2.24, 2.45) is 0 Å². The van der Waals surface area contributed by atoms with E-state index in [1.807, 2.05) is 11.6 Å². The summed E-state index contributed by atoms with van der Waals surface area (Å²) in [6.45, 7) is 4.96. The number of carbonyl (C=O) groups is 1. The lowest BCUT2D eigenvalue weighted by Gasteiger charge is -2.44. The van der Waals surface area contributed by atoms with E-state index in [-0.39, 0.29) is 5.60 Å². The highest BCUT2D eigenvalue weighted by Gasteiger charge is 2.45. The number of nitrogens with zero attached hydrogens (tertiary/aromatic N) is 2. The summed E-state index contributed by atoms with van der Waals surface area (Å²) in [4.78, 5) is 15.9. The van der Waals surface area contributed by atoms with Crippen LogP contribution in [0, 0.1) is 0 Å². The Morgan fingerprint density at radius 2 is 2.10 bits per heavy atom. The van der Waals surface area contributed by atoms with Gasteiger partial charge in [-0.15, -0.1) is 11.3 Å². The average Bonchev–Trinajstić information content (AvgIpc) is 3.33. The molecule has 1 aromatic heterocycles. The van der Waals surface area contributed by atoms with Gasteiger partial charge in [0.1, 0.15) is 0 Å². The Balaban J connectivity index is 0.000000298. The lowest BCUT2D eigenvalue weighted by atomic mass is 9.87. The summed E-state index contributed by atoms with van der Waals surface area (Å²) < 4.78 is 43.6. The minimum atomic E-state index is -5.08. The van der Waals surface area contributed by atoms with Crippen molar-refractivity contribution in [3.8, 4) is 0 Å². The van der Waals surface area contributed by atoms with Gasteiger partial charge in [0.2, 0.25) is 0 Å². The minimum absolute atomic E-state index is 0.0610. The molecule has 0 radical (unpaired) electrons. The molecule has 2 unspecified atom stereocenters. The summed E-state index contributed by atoms with van der Waals surface area (Å²) in [5.74, 6) is -2.76. The highest BCUT2D eigenvalue weighted by Crippen LogP contribution is 2.37. The standard InChI is InChI=1S/C16H25N3O2S.C2HF3O2/c1-4-16(12-19(6-1)14-2-7-20-8-3-14)10-13(11-21-16)18-15-17-5-9-22-15;3-2(4,5)1(6)7/h5,9,13-14H,1-4,6-8,10-12H2,(H,17,18);(H,6,7). The van der Waals surface area contributed by atoms with Crippen LogP contribution >= 0.6 is 11.3 Å². The zero-order valence-corrected chi connectivity index (χ0v) is 16.8. The van der Waals surface area contributed by atoms with E-state index in [0.29, 0.717) is 12.1 Å². The third-order valence-corrected chi connectivity index (χ3v) is 6.19. The molecule has 3 aliphatic heterocycles. The molecule has 7 nitrogen and oxygen atoms in total. The first-order valence-corrected chi connectivity index (χ1v) is 10.6. The Hall–Kier alpha value is -1.43. The molecule has 29 heavy (non-hydrogen) atoms. The van der Waals surface area contributed by atoms with Crippen molar-refractivity contribution in [3.05, 3.63) is 11.6 Å². The van der Waals surface area contributed by atoms with E-state index < -0.39 is 12.1 Å². The fourth-order valence-electron chi connectivity index (χ4n) is 4.19. The molecule has 0 bridgehead atoms. The number of carboxylic acids is 1. The van der Waals surface area contributed by atoms with Crippen LogP contribution in [0.2, 0.25) is 0 Å². The highest BCUT2D eigenvalue weighted by molar-refractivity contribution is 7.13. The number of alkyl halides is 3. The number of halogens is 3. The minimum Gasteiger partial charge on any atom is -0.475 e. The predicted octanol–water partition coefficient (Wildman–Crippen LogP) is 2.99. The van der Waals surface area contributed by atoms with Crippen molar-refractivity contribution >= 4 is 22.4 Å². The van der Waals surface area contributed by atoms with E-state index in [0.717, 1.165) is 37.9 Å². The van der Waals surface area contributed by atoms with Crippen molar-refractivity contribution in [3.63, 3.8) is 0 Å². The maximum atomic E-state index is 10.6. The first-order valence-electron chi connectivity index (χ1n) is 9.69. The van der Waals surface area contributed by atoms with Gasteiger partial charge in [-0.2, -0.15) is 13.2 Å². The summed E-state index contributed by atoms with van der Waals surface area (Å²) in [5, 5.41) is 13.7. The Bertz CT molecular complexity index is 655. The lowest BCUT2D eigenvalue weighted by Crippen LogP contribution is -2.53. The lowest BCUT2D eigenvalue weighted by molar-refractivity contribution is -0.192. The number of piperidine rings is 1. The molecule has 11 heteroatoms. The second-order valence-corrected chi connectivity index (χ2v) is 8.49. The third-order valence-electron chi connectivity index (χ3n) is 5.49. The number of likely N-dealkylation sites (tertiary alicyclic amines) is 1. The number of aromatic nitrogens is 1. The second-order valence-electron chi connectivity index (χ2n) is 7.60. The summed E-state index contributed by atoms with van der Waals surface area (Å²) in [6, 6.07) is 1.10. The Morgan fingerprint density at radius 1 is 1.38 bits per heavy atom. The molecular formula is C18H26F3N3O4S. The van der Waals surface area contributed by atoms with Gasteiger partial charge in [-0.1, -0.05) is 0 Å². The molecule has 0 aliphatic carbocycles. The first-order chi connectivity index (χ1) is 13.8. The normalized spacial score (nSPS) is 28.7. The van der Waals surface area contributed by atoms with Crippen LogP contribution in [0.1, 0.15) is 32.1 Å². The van der Waals surface area contributed by atoms with Crippen molar-refractivity contribution in [2.75, 3.05) is 38.2 Å². The summed E-state index contributed by atoms with van der Waals surface area (Å²) in [7, 11) is 0. The number of rotatable bonds is 3. The molecule has 2 atom stereocenters. The summed E-state index contributed by atoms with van der Waals surface area (Å²) in [5.41, 5.74) is 0.0610. The van der Waals surface area contributed by atoms with Crippen LogP contribution in [0.25, 0.3) is 0 Å². The molecule has 3 saturated heterocycles. The van der Waals surface area contributed by atoms with Gasteiger partial charge in [0.05, 0.1) is 18.2 Å². The predicted molar refractivity (Wildman–Crippen MR) is 101 cm³/mol. The number of thiazole rings is 1. The van der Waals surface area contributed by atoms with Crippen LogP contribution in [0.5, 0.6) is 0 Å². The van der Waals surface area contributed by atoms with Gasteiger partial charge >= 0.3 is 12.1 Å². The Kier molecular flexibility index (Phi) is 7.36. The zero-order chi connectivity index (χ0) is 20.9. The van der Waals surface area contributed by atoms with Gasteiger partial charge in [-0.25, -0.2) is 9.78 Å².